The van der Waals surface area contributed by atoms with Crippen LogP contribution in [0.25, 0.3) is 0 Å². The molecule has 1 saturated heterocycles. The zero-order valence-corrected chi connectivity index (χ0v) is 12.8. The van der Waals surface area contributed by atoms with Crippen LogP contribution in [0.15, 0.2) is 0 Å². The number of unbranched alkanes of at least 4 members (excludes halogenated alkanes) is 1. The normalized spacial score (nSPS) is 36.2. The summed E-state index contributed by atoms with van der Waals surface area (Å²) in [5.74, 6) is 1.75. The van der Waals surface area contributed by atoms with Crippen molar-refractivity contribution in [3.8, 4) is 0 Å². The van der Waals surface area contributed by atoms with Gasteiger partial charge in [-0.25, -0.2) is 0 Å². The van der Waals surface area contributed by atoms with Gasteiger partial charge in [-0.05, 0) is 37.5 Å². The van der Waals surface area contributed by atoms with Crippen molar-refractivity contribution in [2.75, 3.05) is 26.2 Å². The van der Waals surface area contributed by atoms with E-state index in [4.69, 9.17) is 5.11 Å². The first-order valence-electron chi connectivity index (χ1n) is 8.32. The predicted molar refractivity (Wildman–Crippen MR) is 80.3 cm³/mol. The lowest BCUT2D eigenvalue weighted by atomic mass is 9.77. The number of rotatable bonds is 7. The summed E-state index contributed by atoms with van der Waals surface area (Å²) in [6.07, 6.45) is 8.17. The van der Waals surface area contributed by atoms with E-state index in [0.717, 1.165) is 24.4 Å². The Morgan fingerprint density at radius 3 is 2.68 bits per heavy atom. The maximum Gasteiger partial charge on any atom is 0.0556 e. The zero-order valence-electron chi connectivity index (χ0n) is 12.8. The number of nitrogens with zero attached hydrogens (tertiary/aromatic N) is 1. The van der Waals surface area contributed by atoms with Crippen molar-refractivity contribution < 1.29 is 5.11 Å². The Hall–Kier alpha value is -0.120. The van der Waals surface area contributed by atoms with E-state index in [1.54, 1.807) is 0 Å². The van der Waals surface area contributed by atoms with Gasteiger partial charge in [-0.15, -0.1) is 0 Å². The highest BCUT2D eigenvalue weighted by Gasteiger charge is 2.37. The van der Waals surface area contributed by atoms with Crippen LogP contribution in [0.5, 0.6) is 0 Å². The second-order valence-corrected chi connectivity index (χ2v) is 6.69. The lowest BCUT2D eigenvalue weighted by molar-refractivity contribution is 0.0202. The van der Waals surface area contributed by atoms with E-state index < -0.39 is 0 Å². The van der Waals surface area contributed by atoms with Crippen LogP contribution in [-0.4, -0.2) is 48.3 Å². The zero-order chi connectivity index (χ0) is 13.7. The molecule has 2 aliphatic rings. The van der Waals surface area contributed by atoms with Gasteiger partial charge < -0.3 is 10.4 Å². The third kappa shape index (κ3) is 4.17. The molecule has 0 radical (unpaired) electrons. The molecule has 19 heavy (non-hydrogen) atoms. The summed E-state index contributed by atoms with van der Waals surface area (Å²) >= 11 is 0. The first-order valence-corrected chi connectivity index (χ1v) is 8.32. The Labute approximate surface area is 118 Å². The SMILES string of the molecule is CCCCC1CC(NCCO)CN(C2CCC2C)C1. The van der Waals surface area contributed by atoms with Crippen LogP contribution in [0.3, 0.4) is 0 Å². The third-order valence-electron chi connectivity index (χ3n) is 5.12. The van der Waals surface area contributed by atoms with Gasteiger partial charge >= 0.3 is 0 Å². The van der Waals surface area contributed by atoms with Crippen molar-refractivity contribution in [3.05, 3.63) is 0 Å². The van der Waals surface area contributed by atoms with Gasteiger partial charge in [-0.2, -0.15) is 0 Å². The number of nitrogens with one attached hydrogen (secondary N) is 1. The van der Waals surface area contributed by atoms with Gasteiger partial charge in [0, 0.05) is 31.7 Å². The minimum Gasteiger partial charge on any atom is -0.395 e. The lowest BCUT2D eigenvalue weighted by Crippen LogP contribution is -2.56. The number of likely N-dealkylation sites (tertiary alicyclic amines) is 1. The summed E-state index contributed by atoms with van der Waals surface area (Å²) in [5, 5.41) is 12.5. The summed E-state index contributed by atoms with van der Waals surface area (Å²) in [6.45, 7) is 8.20. The van der Waals surface area contributed by atoms with Gasteiger partial charge in [-0.1, -0.05) is 26.7 Å². The Morgan fingerprint density at radius 2 is 2.11 bits per heavy atom. The molecular formula is C16H32N2O. The van der Waals surface area contributed by atoms with E-state index in [1.165, 1.54) is 51.6 Å². The molecule has 4 unspecified atom stereocenters. The van der Waals surface area contributed by atoms with Crippen LogP contribution in [0, 0.1) is 11.8 Å². The summed E-state index contributed by atoms with van der Waals surface area (Å²) in [7, 11) is 0. The smallest absolute Gasteiger partial charge is 0.0556 e. The molecule has 1 saturated carbocycles. The summed E-state index contributed by atoms with van der Waals surface area (Å²) in [6, 6.07) is 1.43. The van der Waals surface area contributed by atoms with Gasteiger partial charge in [0.25, 0.3) is 0 Å². The van der Waals surface area contributed by atoms with E-state index in [-0.39, 0.29) is 6.61 Å². The topological polar surface area (TPSA) is 35.5 Å². The molecule has 0 aromatic rings. The standard InChI is InChI=1S/C16H32N2O/c1-3-4-5-14-10-15(17-8-9-19)12-18(11-14)16-7-6-13(16)2/h13-17,19H,3-12H2,1-2H3. The predicted octanol–water partition coefficient (Wildman–Crippen LogP) is 2.25. The van der Waals surface area contributed by atoms with Crippen LogP contribution in [0.4, 0.5) is 0 Å². The fraction of sp³-hybridized carbons (Fsp3) is 1.00. The molecule has 2 fully saturated rings. The molecule has 0 aromatic heterocycles. The maximum absolute atomic E-state index is 9.00. The molecule has 3 nitrogen and oxygen atoms in total. The van der Waals surface area contributed by atoms with Crippen molar-refractivity contribution >= 4 is 0 Å². The van der Waals surface area contributed by atoms with Gasteiger partial charge in [-0.3, -0.25) is 4.90 Å². The second-order valence-electron chi connectivity index (χ2n) is 6.69. The number of hydrogen-bond acceptors (Lipinski definition) is 3. The molecular weight excluding hydrogens is 236 g/mol. The first kappa shape index (κ1) is 15.3. The van der Waals surface area contributed by atoms with Gasteiger partial charge in [0.2, 0.25) is 0 Å². The first-order chi connectivity index (χ1) is 9.24. The summed E-state index contributed by atoms with van der Waals surface area (Å²) in [5.41, 5.74) is 0. The highest BCUT2D eigenvalue weighted by atomic mass is 16.3. The Kier molecular flexibility index (Phi) is 6.11. The molecule has 2 N–H and O–H groups in total. The number of hydrogen-bond donors (Lipinski definition) is 2. The number of aliphatic hydroxyl groups is 1. The Morgan fingerprint density at radius 1 is 1.26 bits per heavy atom. The lowest BCUT2D eigenvalue weighted by Gasteiger charge is -2.48. The van der Waals surface area contributed by atoms with Crippen molar-refractivity contribution in [2.45, 2.75) is 64.5 Å². The Bertz CT molecular complexity index is 243. The van der Waals surface area contributed by atoms with Crippen LogP contribution < -0.4 is 5.32 Å². The van der Waals surface area contributed by atoms with Crippen LogP contribution in [0.2, 0.25) is 0 Å². The van der Waals surface area contributed by atoms with Gasteiger partial charge in [0.1, 0.15) is 0 Å². The maximum atomic E-state index is 9.00. The van der Waals surface area contributed by atoms with Crippen LogP contribution in [-0.2, 0) is 0 Å². The minimum absolute atomic E-state index is 0.260. The van der Waals surface area contributed by atoms with Crippen molar-refractivity contribution in [2.24, 2.45) is 11.8 Å². The van der Waals surface area contributed by atoms with E-state index in [2.05, 4.69) is 24.1 Å². The fourth-order valence-electron chi connectivity index (χ4n) is 3.82. The molecule has 0 aromatic carbocycles. The van der Waals surface area contributed by atoms with Crippen LogP contribution in [0.1, 0.15) is 52.4 Å². The highest BCUT2D eigenvalue weighted by Crippen LogP contribution is 2.35. The molecule has 3 heteroatoms. The molecule has 0 amide bonds. The Balaban J connectivity index is 1.87. The molecule has 1 aliphatic heterocycles. The quantitative estimate of drug-likeness (QED) is 0.743. The molecule has 4 atom stereocenters. The van der Waals surface area contributed by atoms with E-state index in [0.29, 0.717) is 6.04 Å². The molecule has 112 valence electrons. The highest BCUT2D eigenvalue weighted by molar-refractivity contribution is 4.92. The van der Waals surface area contributed by atoms with Crippen LogP contribution >= 0.6 is 0 Å². The van der Waals surface area contributed by atoms with E-state index in [9.17, 15) is 0 Å². The average Bonchev–Trinajstić information content (AvgIpc) is 2.41. The second kappa shape index (κ2) is 7.61. The van der Waals surface area contributed by atoms with E-state index in [1.807, 2.05) is 0 Å². The number of aliphatic hydroxyl groups excluding tert-OH is 1. The van der Waals surface area contributed by atoms with Crippen molar-refractivity contribution in [1.82, 2.24) is 10.2 Å². The van der Waals surface area contributed by atoms with E-state index >= 15 is 0 Å². The molecule has 1 aliphatic carbocycles. The summed E-state index contributed by atoms with van der Waals surface area (Å²) < 4.78 is 0. The number of piperidine rings is 1. The van der Waals surface area contributed by atoms with Gasteiger partial charge in [0.15, 0.2) is 0 Å². The largest absolute Gasteiger partial charge is 0.395 e. The summed E-state index contributed by atoms with van der Waals surface area (Å²) in [4.78, 5) is 2.74. The van der Waals surface area contributed by atoms with Gasteiger partial charge in [0.05, 0.1) is 6.61 Å². The molecule has 0 spiro atoms. The average molecular weight is 268 g/mol. The fourth-order valence-corrected chi connectivity index (χ4v) is 3.82. The molecule has 0 bridgehead atoms. The monoisotopic (exact) mass is 268 g/mol. The molecule has 2 rings (SSSR count). The van der Waals surface area contributed by atoms with Crippen molar-refractivity contribution in [3.63, 3.8) is 0 Å². The third-order valence-corrected chi connectivity index (χ3v) is 5.12. The van der Waals surface area contributed by atoms with Crippen molar-refractivity contribution in [1.29, 1.82) is 0 Å². The molecule has 1 heterocycles. The minimum atomic E-state index is 0.260.